The summed E-state index contributed by atoms with van der Waals surface area (Å²) >= 11 is 0. The van der Waals surface area contributed by atoms with Gasteiger partial charge in [-0.05, 0) is 11.6 Å². The molecule has 3 aliphatic heterocycles. The lowest BCUT2D eigenvalue weighted by Gasteiger charge is -2.35. The second-order valence-electron chi connectivity index (χ2n) is 7.34. The Kier molecular flexibility index (Phi) is 3.64. The normalized spacial score (nSPS) is 26.6. The first-order valence-corrected chi connectivity index (χ1v) is 9.16. The molecule has 2 amide bonds. The zero-order chi connectivity index (χ0) is 20.3. The van der Waals surface area contributed by atoms with Crippen molar-refractivity contribution in [3.05, 3.63) is 75.8 Å². The number of non-ortho nitro benzene ring substituents is 1. The topological polar surface area (TPSA) is 110 Å². The average molecular weight is 389 g/mol. The Labute approximate surface area is 165 Å². The van der Waals surface area contributed by atoms with Crippen LogP contribution in [0.4, 0.5) is 11.4 Å². The Morgan fingerprint density at radius 3 is 2.59 bits per heavy atom. The number of imide groups is 1. The third kappa shape index (κ3) is 2.42. The molecule has 4 atom stereocenters. The quantitative estimate of drug-likeness (QED) is 0.372. The fourth-order valence-corrected chi connectivity index (χ4v) is 4.67. The first-order chi connectivity index (χ1) is 14.0. The van der Waals surface area contributed by atoms with Crippen LogP contribution in [0.5, 0.6) is 0 Å². The van der Waals surface area contributed by atoms with Crippen LogP contribution in [0.25, 0.3) is 6.08 Å². The highest BCUT2D eigenvalue weighted by Crippen LogP contribution is 2.47. The molecule has 0 aliphatic carbocycles. The number of ketones is 1. The zero-order valence-electron chi connectivity index (χ0n) is 15.0. The van der Waals surface area contributed by atoms with Crippen molar-refractivity contribution in [2.24, 2.45) is 11.8 Å². The van der Waals surface area contributed by atoms with E-state index in [4.69, 9.17) is 0 Å². The third-order valence-electron chi connectivity index (χ3n) is 5.87. The van der Waals surface area contributed by atoms with E-state index in [0.29, 0.717) is 0 Å². The summed E-state index contributed by atoms with van der Waals surface area (Å²) in [6.45, 7) is 0. The van der Waals surface area contributed by atoms with E-state index < -0.39 is 46.4 Å². The third-order valence-corrected chi connectivity index (χ3v) is 5.87. The molecule has 29 heavy (non-hydrogen) atoms. The van der Waals surface area contributed by atoms with Crippen LogP contribution in [0.15, 0.2) is 54.6 Å². The van der Waals surface area contributed by atoms with E-state index in [1.54, 1.807) is 0 Å². The van der Waals surface area contributed by atoms with Gasteiger partial charge < -0.3 is 4.90 Å². The number of para-hydroxylation sites is 1. The highest BCUT2D eigenvalue weighted by Gasteiger charge is 2.61. The Morgan fingerprint density at radius 1 is 1.03 bits per heavy atom. The lowest BCUT2D eigenvalue weighted by molar-refractivity contribution is -0.384. The maximum atomic E-state index is 13.5. The lowest BCUT2D eigenvalue weighted by atomic mass is 9.86. The van der Waals surface area contributed by atoms with E-state index in [9.17, 15) is 24.5 Å². The molecule has 0 bridgehead atoms. The molecule has 3 heterocycles. The second-order valence-corrected chi connectivity index (χ2v) is 7.34. The van der Waals surface area contributed by atoms with Crippen molar-refractivity contribution in [1.82, 2.24) is 5.32 Å². The van der Waals surface area contributed by atoms with Crippen LogP contribution in [0.1, 0.15) is 15.9 Å². The molecular formula is C21H15N3O5. The number of nitro groups is 1. The number of hydrogen-bond donors (Lipinski definition) is 1. The van der Waals surface area contributed by atoms with Gasteiger partial charge in [-0.2, -0.15) is 0 Å². The van der Waals surface area contributed by atoms with Crippen LogP contribution in [0, 0.1) is 22.0 Å². The van der Waals surface area contributed by atoms with Gasteiger partial charge in [0.15, 0.2) is 5.78 Å². The number of hydrogen-bond acceptors (Lipinski definition) is 6. The molecule has 2 fully saturated rings. The second kappa shape index (κ2) is 6.10. The summed E-state index contributed by atoms with van der Waals surface area (Å²) in [4.78, 5) is 51.0. The standard InChI is InChI=1S/C21H15N3O5/c25-19(12-5-3-6-13(10-12)24(28)29)18-17-16(20(26)22-21(17)27)15-9-8-11-4-1-2-7-14(11)23(15)18/h1-10,15-18H,(H,22,26,27)/t15-,16+,17-,18-/m1/s1. The van der Waals surface area contributed by atoms with E-state index >= 15 is 0 Å². The van der Waals surface area contributed by atoms with E-state index in [2.05, 4.69) is 5.32 Å². The molecule has 1 N–H and O–H groups in total. The molecule has 0 unspecified atom stereocenters. The van der Waals surface area contributed by atoms with Crippen LogP contribution in [0.2, 0.25) is 0 Å². The minimum Gasteiger partial charge on any atom is -0.352 e. The largest absolute Gasteiger partial charge is 0.352 e. The molecule has 2 aromatic rings. The Balaban J connectivity index is 1.65. The molecule has 144 valence electrons. The number of rotatable bonds is 3. The maximum Gasteiger partial charge on any atom is 0.270 e. The Bertz CT molecular complexity index is 1120. The minimum absolute atomic E-state index is 0.141. The fraction of sp³-hybridized carbons (Fsp3) is 0.190. The van der Waals surface area contributed by atoms with Crippen LogP contribution in [0.3, 0.4) is 0 Å². The van der Waals surface area contributed by atoms with Crippen LogP contribution in [-0.4, -0.2) is 34.6 Å². The SMILES string of the molecule is O=C1NC(=O)[C@@H]2[C@@H]1[C@H]1C=Cc3ccccc3N1[C@H]2C(=O)c1cccc([N+](=O)[O-])c1. The molecular weight excluding hydrogens is 374 g/mol. The number of carbonyl (C=O) groups excluding carboxylic acids is 3. The van der Waals surface area contributed by atoms with Gasteiger partial charge in [0.1, 0.15) is 6.04 Å². The summed E-state index contributed by atoms with van der Waals surface area (Å²) < 4.78 is 0. The first kappa shape index (κ1) is 17.3. The molecule has 3 aliphatic rings. The van der Waals surface area contributed by atoms with Crippen molar-refractivity contribution in [3.63, 3.8) is 0 Å². The maximum absolute atomic E-state index is 13.5. The predicted octanol–water partition coefficient (Wildman–Crippen LogP) is 1.95. The van der Waals surface area contributed by atoms with Crippen LogP contribution < -0.4 is 10.2 Å². The van der Waals surface area contributed by atoms with Gasteiger partial charge in [-0.1, -0.05) is 42.5 Å². The zero-order valence-corrected chi connectivity index (χ0v) is 15.0. The van der Waals surface area contributed by atoms with Crippen molar-refractivity contribution < 1.29 is 19.3 Å². The van der Waals surface area contributed by atoms with Gasteiger partial charge in [0.2, 0.25) is 11.8 Å². The molecule has 2 saturated heterocycles. The van der Waals surface area contributed by atoms with E-state index in [1.165, 1.54) is 24.3 Å². The van der Waals surface area contributed by atoms with Crippen molar-refractivity contribution in [2.45, 2.75) is 12.1 Å². The van der Waals surface area contributed by atoms with Gasteiger partial charge >= 0.3 is 0 Å². The van der Waals surface area contributed by atoms with Gasteiger partial charge in [-0.25, -0.2) is 0 Å². The lowest BCUT2D eigenvalue weighted by Crippen LogP contribution is -2.47. The molecule has 0 saturated carbocycles. The van der Waals surface area contributed by atoms with E-state index in [0.717, 1.165) is 11.3 Å². The molecule has 0 aromatic heterocycles. The Morgan fingerprint density at radius 2 is 1.79 bits per heavy atom. The highest BCUT2D eigenvalue weighted by molar-refractivity contribution is 6.14. The fourth-order valence-electron chi connectivity index (χ4n) is 4.67. The number of Topliss-reactive ketones (excluding diaryl/α,β-unsaturated/α-hetero) is 1. The van der Waals surface area contributed by atoms with Gasteiger partial charge in [-0.15, -0.1) is 0 Å². The van der Waals surface area contributed by atoms with Gasteiger partial charge in [0.05, 0.1) is 22.8 Å². The number of anilines is 1. The van der Waals surface area contributed by atoms with Crippen molar-refractivity contribution in [2.75, 3.05) is 4.90 Å². The number of benzene rings is 2. The number of nitro benzene ring substituents is 1. The summed E-state index contributed by atoms with van der Waals surface area (Å²) in [5.74, 6) is -2.83. The summed E-state index contributed by atoms with van der Waals surface area (Å²) in [6.07, 6.45) is 3.74. The summed E-state index contributed by atoms with van der Waals surface area (Å²) in [5, 5.41) is 13.5. The molecule has 0 spiro atoms. The summed E-state index contributed by atoms with van der Waals surface area (Å²) in [7, 11) is 0. The summed E-state index contributed by atoms with van der Waals surface area (Å²) in [5.41, 5.74) is 1.59. The molecule has 0 radical (unpaired) electrons. The van der Waals surface area contributed by atoms with Crippen molar-refractivity contribution >= 4 is 35.0 Å². The molecule has 8 heteroatoms. The summed E-state index contributed by atoms with van der Waals surface area (Å²) in [6, 6.07) is 11.5. The van der Waals surface area contributed by atoms with E-state index in [-0.39, 0.29) is 11.3 Å². The molecule has 2 aromatic carbocycles. The van der Waals surface area contributed by atoms with Gasteiger partial charge in [0, 0.05) is 23.4 Å². The van der Waals surface area contributed by atoms with E-state index in [1.807, 2.05) is 41.3 Å². The highest BCUT2D eigenvalue weighted by atomic mass is 16.6. The number of nitrogens with one attached hydrogen (secondary N) is 1. The number of fused-ring (bicyclic) bond motifs is 5. The van der Waals surface area contributed by atoms with Crippen LogP contribution in [-0.2, 0) is 9.59 Å². The number of amides is 2. The monoisotopic (exact) mass is 389 g/mol. The first-order valence-electron chi connectivity index (χ1n) is 9.16. The smallest absolute Gasteiger partial charge is 0.270 e. The Hall–Kier alpha value is -3.81. The molecule has 5 rings (SSSR count). The van der Waals surface area contributed by atoms with Crippen molar-refractivity contribution in [3.8, 4) is 0 Å². The van der Waals surface area contributed by atoms with Crippen LogP contribution >= 0.6 is 0 Å². The van der Waals surface area contributed by atoms with Gasteiger partial charge in [0.25, 0.3) is 5.69 Å². The number of carbonyl (C=O) groups is 3. The number of nitrogens with zero attached hydrogens (tertiary/aromatic N) is 2. The van der Waals surface area contributed by atoms with Crippen molar-refractivity contribution in [1.29, 1.82) is 0 Å². The average Bonchev–Trinajstić information content (AvgIpc) is 3.23. The molecule has 8 nitrogen and oxygen atoms in total. The minimum atomic E-state index is -0.926. The van der Waals surface area contributed by atoms with Gasteiger partial charge in [-0.3, -0.25) is 29.8 Å². The predicted molar refractivity (Wildman–Crippen MR) is 103 cm³/mol.